The van der Waals surface area contributed by atoms with Crippen LogP contribution in [0, 0.1) is 25.7 Å². The average molecular weight is 239 g/mol. The molecule has 1 heterocycles. The topological polar surface area (TPSA) is 33.1 Å². The van der Waals surface area contributed by atoms with Crippen LogP contribution in [-0.4, -0.2) is 16.7 Å². The van der Waals surface area contributed by atoms with Gasteiger partial charge in [0.05, 0.1) is 10.7 Å². The van der Waals surface area contributed by atoms with E-state index in [0.29, 0.717) is 12.5 Å². The third-order valence-corrected chi connectivity index (χ3v) is 4.91. The molecule has 1 fully saturated rings. The van der Waals surface area contributed by atoms with Crippen molar-refractivity contribution in [2.75, 3.05) is 6.61 Å². The van der Waals surface area contributed by atoms with Gasteiger partial charge >= 0.3 is 0 Å². The molecule has 2 nitrogen and oxygen atoms in total. The summed E-state index contributed by atoms with van der Waals surface area (Å²) in [5.74, 6) is 1.17. The van der Waals surface area contributed by atoms with E-state index in [1.807, 2.05) is 0 Å². The van der Waals surface area contributed by atoms with Crippen molar-refractivity contribution in [3.05, 3.63) is 15.6 Å². The van der Waals surface area contributed by atoms with Gasteiger partial charge in [0.15, 0.2) is 0 Å². The number of nitrogens with zero attached hydrogens (tertiary/aromatic N) is 1. The van der Waals surface area contributed by atoms with Crippen molar-refractivity contribution in [1.29, 1.82) is 0 Å². The molecule has 0 spiro atoms. The second kappa shape index (κ2) is 5.28. The highest BCUT2D eigenvalue weighted by molar-refractivity contribution is 7.11. The Morgan fingerprint density at radius 3 is 2.56 bits per heavy atom. The number of aliphatic hydroxyl groups is 1. The third kappa shape index (κ3) is 2.64. The van der Waals surface area contributed by atoms with E-state index in [1.165, 1.54) is 35.6 Å². The molecule has 0 bridgehead atoms. The van der Waals surface area contributed by atoms with Gasteiger partial charge in [-0.2, -0.15) is 0 Å². The lowest BCUT2D eigenvalue weighted by atomic mass is 9.89. The molecule has 3 heteroatoms. The van der Waals surface area contributed by atoms with Gasteiger partial charge in [-0.25, -0.2) is 4.98 Å². The molecule has 1 aliphatic rings. The van der Waals surface area contributed by atoms with Crippen LogP contribution < -0.4 is 0 Å². The molecule has 0 aromatic carbocycles. The highest BCUT2D eigenvalue weighted by atomic mass is 32.1. The normalized spacial score (nSPS) is 19.2. The van der Waals surface area contributed by atoms with Gasteiger partial charge in [0.2, 0.25) is 0 Å². The highest BCUT2D eigenvalue weighted by Crippen LogP contribution is 2.33. The standard InChI is InChI=1S/C13H21NOS/c1-9-10(2)16-13(14-9)7-12(8-15)11-5-3-4-6-11/h11-12,15H,3-8H2,1-2H3. The van der Waals surface area contributed by atoms with Crippen LogP contribution in [0.15, 0.2) is 0 Å². The maximum Gasteiger partial charge on any atom is 0.0934 e. The summed E-state index contributed by atoms with van der Waals surface area (Å²) in [6.07, 6.45) is 6.26. The van der Waals surface area contributed by atoms with Crippen LogP contribution in [0.5, 0.6) is 0 Å². The van der Waals surface area contributed by atoms with E-state index in [4.69, 9.17) is 0 Å². The molecule has 1 aromatic heterocycles. The number of hydrogen-bond acceptors (Lipinski definition) is 3. The van der Waals surface area contributed by atoms with Gasteiger partial charge in [-0.1, -0.05) is 25.7 Å². The first-order valence-electron chi connectivity index (χ1n) is 6.24. The van der Waals surface area contributed by atoms with E-state index < -0.39 is 0 Å². The zero-order valence-corrected chi connectivity index (χ0v) is 11.0. The lowest BCUT2D eigenvalue weighted by Crippen LogP contribution is -2.18. The molecule has 1 N–H and O–H groups in total. The number of aromatic nitrogens is 1. The lowest BCUT2D eigenvalue weighted by molar-refractivity contribution is 0.175. The molecule has 1 saturated carbocycles. The van der Waals surface area contributed by atoms with Crippen LogP contribution in [0.2, 0.25) is 0 Å². The van der Waals surface area contributed by atoms with Crippen LogP contribution in [-0.2, 0) is 6.42 Å². The fourth-order valence-corrected chi connectivity index (χ4v) is 3.69. The molecule has 0 amide bonds. The second-order valence-electron chi connectivity index (χ2n) is 4.94. The van der Waals surface area contributed by atoms with Gasteiger partial charge in [-0.3, -0.25) is 0 Å². The molecular weight excluding hydrogens is 218 g/mol. The number of hydrogen-bond donors (Lipinski definition) is 1. The van der Waals surface area contributed by atoms with Crippen molar-refractivity contribution >= 4 is 11.3 Å². The van der Waals surface area contributed by atoms with Crippen LogP contribution in [0.25, 0.3) is 0 Å². The van der Waals surface area contributed by atoms with Gasteiger partial charge in [-0.05, 0) is 25.7 Å². The summed E-state index contributed by atoms with van der Waals surface area (Å²) >= 11 is 1.79. The van der Waals surface area contributed by atoms with Crippen molar-refractivity contribution in [2.45, 2.75) is 46.0 Å². The van der Waals surface area contributed by atoms with Crippen molar-refractivity contribution in [3.8, 4) is 0 Å². The zero-order chi connectivity index (χ0) is 11.5. The first-order chi connectivity index (χ1) is 7.70. The Balaban J connectivity index is 2.00. The molecular formula is C13H21NOS. The van der Waals surface area contributed by atoms with Crippen LogP contribution in [0.1, 0.15) is 41.3 Å². The summed E-state index contributed by atoms with van der Waals surface area (Å²) in [7, 11) is 0. The van der Waals surface area contributed by atoms with Crippen LogP contribution in [0.4, 0.5) is 0 Å². The third-order valence-electron chi connectivity index (χ3n) is 3.81. The zero-order valence-electron chi connectivity index (χ0n) is 10.2. The van der Waals surface area contributed by atoms with E-state index in [2.05, 4.69) is 18.8 Å². The summed E-state index contributed by atoms with van der Waals surface area (Å²) in [5.41, 5.74) is 1.16. The van der Waals surface area contributed by atoms with E-state index in [1.54, 1.807) is 11.3 Å². The fourth-order valence-electron chi connectivity index (χ4n) is 2.66. The molecule has 90 valence electrons. The average Bonchev–Trinajstić information content (AvgIpc) is 2.86. The smallest absolute Gasteiger partial charge is 0.0934 e. The Labute approximate surface area is 102 Å². The first-order valence-corrected chi connectivity index (χ1v) is 7.06. The molecule has 16 heavy (non-hydrogen) atoms. The molecule has 1 aliphatic carbocycles. The number of thiazole rings is 1. The second-order valence-corrected chi connectivity index (χ2v) is 6.23. The summed E-state index contributed by atoms with van der Waals surface area (Å²) < 4.78 is 0. The Hall–Kier alpha value is -0.410. The van der Waals surface area contributed by atoms with Gasteiger partial charge in [0.25, 0.3) is 0 Å². The fraction of sp³-hybridized carbons (Fsp3) is 0.769. The van der Waals surface area contributed by atoms with Crippen LogP contribution in [0.3, 0.4) is 0 Å². The molecule has 0 radical (unpaired) electrons. The number of aryl methyl sites for hydroxylation is 2. The summed E-state index contributed by atoms with van der Waals surface area (Å²) in [4.78, 5) is 5.89. The SMILES string of the molecule is Cc1nc(CC(CO)C2CCCC2)sc1C. The predicted molar refractivity (Wildman–Crippen MR) is 67.8 cm³/mol. The predicted octanol–water partition coefficient (Wildman–Crippen LogP) is 3.10. The summed E-state index contributed by atoms with van der Waals surface area (Å²) in [6, 6.07) is 0. The van der Waals surface area contributed by atoms with Gasteiger partial charge in [0, 0.05) is 17.9 Å². The Morgan fingerprint density at radius 2 is 2.06 bits per heavy atom. The van der Waals surface area contributed by atoms with E-state index in [-0.39, 0.29) is 0 Å². The molecule has 0 saturated heterocycles. The van der Waals surface area contributed by atoms with Crippen molar-refractivity contribution in [2.24, 2.45) is 11.8 Å². The summed E-state index contributed by atoms with van der Waals surface area (Å²) in [5, 5.41) is 10.7. The quantitative estimate of drug-likeness (QED) is 0.876. The maximum atomic E-state index is 9.50. The van der Waals surface area contributed by atoms with Crippen molar-refractivity contribution in [1.82, 2.24) is 4.98 Å². The molecule has 2 rings (SSSR count). The number of aliphatic hydroxyl groups excluding tert-OH is 1. The van der Waals surface area contributed by atoms with Gasteiger partial charge in [0.1, 0.15) is 0 Å². The molecule has 1 atom stereocenters. The highest BCUT2D eigenvalue weighted by Gasteiger charge is 2.25. The van der Waals surface area contributed by atoms with E-state index >= 15 is 0 Å². The Kier molecular flexibility index (Phi) is 3.98. The minimum absolute atomic E-state index is 0.322. The largest absolute Gasteiger partial charge is 0.396 e. The van der Waals surface area contributed by atoms with Crippen LogP contribution >= 0.6 is 11.3 Å². The maximum absolute atomic E-state index is 9.50. The molecule has 1 aromatic rings. The van der Waals surface area contributed by atoms with Gasteiger partial charge in [-0.15, -0.1) is 11.3 Å². The Bertz CT molecular complexity index is 322. The van der Waals surface area contributed by atoms with Gasteiger partial charge < -0.3 is 5.11 Å². The minimum Gasteiger partial charge on any atom is -0.396 e. The van der Waals surface area contributed by atoms with E-state index in [0.717, 1.165) is 18.0 Å². The number of rotatable bonds is 4. The molecule has 0 aliphatic heterocycles. The van der Waals surface area contributed by atoms with Crippen molar-refractivity contribution in [3.63, 3.8) is 0 Å². The van der Waals surface area contributed by atoms with E-state index in [9.17, 15) is 5.11 Å². The Morgan fingerprint density at radius 1 is 1.38 bits per heavy atom. The minimum atomic E-state index is 0.322. The molecule has 1 unspecified atom stereocenters. The van der Waals surface area contributed by atoms with Crippen molar-refractivity contribution < 1.29 is 5.11 Å². The lowest BCUT2D eigenvalue weighted by Gasteiger charge is -2.19. The summed E-state index contributed by atoms with van der Waals surface area (Å²) in [6.45, 7) is 4.52. The first kappa shape index (κ1) is 12.1. The monoisotopic (exact) mass is 239 g/mol.